The largest absolute Gasteiger partial charge is 0.793 e. The number of quaternary nitrogens is 1. The number of hydrogen-bond donors (Lipinski definition) is 1. The highest BCUT2D eigenvalue weighted by Gasteiger charge is 2.02. The molecule has 0 bridgehead atoms. The summed E-state index contributed by atoms with van der Waals surface area (Å²) in [7, 11) is 0. The van der Waals surface area contributed by atoms with E-state index in [0.717, 1.165) is 38.0 Å². The average molecular weight is 428 g/mol. The van der Waals surface area contributed by atoms with Gasteiger partial charge in [0.05, 0.1) is 13.2 Å². The summed E-state index contributed by atoms with van der Waals surface area (Å²) < 4.78 is 5.15. The van der Waals surface area contributed by atoms with Crippen molar-refractivity contribution < 1.29 is 15.2 Å². The van der Waals surface area contributed by atoms with Gasteiger partial charge in [0.2, 0.25) is 0 Å². The van der Waals surface area contributed by atoms with E-state index in [0.29, 0.717) is 6.61 Å². The lowest BCUT2D eigenvalue weighted by Crippen LogP contribution is -2.50. The van der Waals surface area contributed by atoms with Crippen molar-refractivity contribution >= 4 is 28.9 Å². The molecule has 0 aromatic heterocycles. The van der Waals surface area contributed by atoms with E-state index in [1.165, 1.54) is 75.6 Å². The van der Waals surface area contributed by atoms with Crippen molar-refractivity contribution in [3.8, 4) is 0 Å². The Morgan fingerprint density at radius 2 is 1.23 bits per heavy atom. The highest BCUT2D eigenvalue weighted by molar-refractivity contribution is 8.67. The van der Waals surface area contributed by atoms with Crippen LogP contribution >= 0.6 is 17.1 Å². The van der Waals surface area contributed by atoms with Gasteiger partial charge in [0.1, 0.15) is 0 Å². The van der Waals surface area contributed by atoms with Gasteiger partial charge in [-0.3, -0.25) is 0 Å². The minimum Gasteiger partial charge on any atom is -0.793 e. The zero-order valence-corrected chi connectivity index (χ0v) is 20.3. The maximum atomic E-state index is 11.5. The molecule has 1 unspecified atom stereocenters. The van der Waals surface area contributed by atoms with Crippen molar-refractivity contribution in [1.29, 1.82) is 0 Å². The summed E-state index contributed by atoms with van der Waals surface area (Å²) in [6.07, 6.45) is 18.4. The Morgan fingerprint density at radius 3 is 1.69 bits per heavy atom. The molecule has 0 aromatic carbocycles. The van der Waals surface area contributed by atoms with Crippen LogP contribution in [0.25, 0.3) is 0 Å². The summed E-state index contributed by atoms with van der Waals surface area (Å²) in [5.41, 5.74) is 1.10. The van der Waals surface area contributed by atoms with Crippen LogP contribution in [0.5, 0.6) is 0 Å². The van der Waals surface area contributed by atoms with Crippen LogP contribution in [0.4, 0.5) is 0 Å². The van der Waals surface area contributed by atoms with Gasteiger partial charge in [-0.2, -0.15) is 0 Å². The fourth-order valence-electron chi connectivity index (χ4n) is 2.34. The summed E-state index contributed by atoms with van der Waals surface area (Å²) in [4.78, 5) is 11.5. The third kappa shape index (κ3) is 27.1. The molecule has 3 nitrogen and oxygen atoms in total. The Morgan fingerprint density at radius 1 is 0.769 bits per heavy atom. The zero-order chi connectivity index (χ0) is 19.9. The first-order chi connectivity index (χ1) is 12.5. The molecule has 3 N–H and O–H groups in total. The normalized spacial score (nSPS) is 13.1. The van der Waals surface area contributed by atoms with E-state index in [2.05, 4.69) is 26.5 Å². The molecule has 1 atom stereocenters. The van der Waals surface area contributed by atoms with Crippen LogP contribution in [0.1, 0.15) is 111 Å². The second-order valence-corrected chi connectivity index (χ2v) is 13.0. The highest BCUT2D eigenvalue weighted by Crippen LogP contribution is 2.52. The number of rotatable bonds is 18. The summed E-state index contributed by atoms with van der Waals surface area (Å²) >= 11 is 6.17. The molecule has 26 heavy (non-hydrogen) atoms. The van der Waals surface area contributed by atoms with E-state index >= 15 is 0 Å². The molecular formula is C20H46NO2PS2. The monoisotopic (exact) mass is 427 g/mol. The molecule has 0 spiro atoms. The summed E-state index contributed by atoms with van der Waals surface area (Å²) in [5.74, 6) is 0.851. The zero-order valence-electron chi connectivity index (χ0n) is 17.8. The van der Waals surface area contributed by atoms with Gasteiger partial charge in [-0.05, 0) is 31.4 Å². The first-order valence-electron chi connectivity index (χ1n) is 10.9. The van der Waals surface area contributed by atoms with Gasteiger partial charge < -0.3 is 15.2 Å². The van der Waals surface area contributed by atoms with Crippen LogP contribution in [0.2, 0.25) is 0 Å². The van der Waals surface area contributed by atoms with Gasteiger partial charge in [0, 0.05) is 5.69 Å². The maximum Gasteiger partial charge on any atom is 0.0739 e. The molecule has 160 valence electrons. The van der Waals surface area contributed by atoms with Crippen LogP contribution < -0.4 is 10.6 Å². The van der Waals surface area contributed by atoms with E-state index in [4.69, 9.17) is 16.3 Å². The Bertz CT molecular complexity index is 284. The first-order valence-corrected chi connectivity index (χ1v) is 15.2. The molecule has 6 heteroatoms. The number of hydrogen-bond acceptors (Lipinski definition) is 4. The minimum atomic E-state index is -2.75. The Kier molecular flexibility index (Phi) is 26.8. The summed E-state index contributed by atoms with van der Waals surface area (Å²) in [6, 6.07) is 0. The molecule has 0 saturated carbocycles. The molecule has 0 aliphatic carbocycles. The second-order valence-electron chi connectivity index (χ2n) is 6.86. The molecule has 0 amide bonds. The first kappa shape index (κ1) is 29.1. The Balaban J connectivity index is 0. The van der Waals surface area contributed by atoms with Crippen molar-refractivity contribution in [3.05, 3.63) is 0 Å². The standard InChI is InChI=1S/C12H27N.C8H19O2PS2/c1-2-3-4-5-6-7-8-9-10-11-12-13;1-3-5-7-10-11(9,12)13-8-6-4-2/h2-13H2,1H3;3-8H2,1-2H3,(H,9,12). The molecular weight excluding hydrogens is 381 g/mol. The fourth-order valence-corrected chi connectivity index (χ4v) is 5.81. The third-order valence-corrected chi connectivity index (χ3v) is 8.46. The smallest absolute Gasteiger partial charge is 0.0739 e. The van der Waals surface area contributed by atoms with Crippen LogP contribution in [-0.2, 0) is 16.3 Å². The summed E-state index contributed by atoms with van der Waals surface area (Å²) in [5, 5.41) is 0. The molecule has 0 radical (unpaired) electrons. The highest BCUT2D eigenvalue weighted by atomic mass is 32.9. The second kappa shape index (κ2) is 23.9. The quantitative estimate of drug-likeness (QED) is 0.213. The van der Waals surface area contributed by atoms with Gasteiger partial charge in [-0.1, -0.05) is 96.8 Å². The van der Waals surface area contributed by atoms with E-state index in [-0.39, 0.29) is 0 Å². The third-order valence-electron chi connectivity index (χ3n) is 4.10. The molecule has 0 saturated heterocycles. The van der Waals surface area contributed by atoms with E-state index in [1.807, 2.05) is 0 Å². The van der Waals surface area contributed by atoms with Crippen LogP contribution in [0, 0.1) is 0 Å². The predicted octanol–water partition coefficient (Wildman–Crippen LogP) is 6.07. The van der Waals surface area contributed by atoms with Crippen molar-refractivity contribution in [2.45, 2.75) is 111 Å². The molecule has 0 heterocycles. The molecule has 0 aliphatic rings. The maximum absolute atomic E-state index is 11.5. The summed E-state index contributed by atoms with van der Waals surface area (Å²) in [6.45, 7) is 8.11. The Labute approximate surface area is 173 Å². The lowest BCUT2D eigenvalue weighted by Gasteiger charge is -2.26. The van der Waals surface area contributed by atoms with Gasteiger partial charge >= 0.3 is 0 Å². The van der Waals surface area contributed by atoms with Crippen molar-refractivity contribution in [3.63, 3.8) is 0 Å². The lowest BCUT2D eigenvalue weighted by atomic mass is 10.1. The average Bonchev–Trinajstić information content (AvgIpc) is 2.61. The van der Waals surface area contributed by atoms with Gasteiger partial charge in [-0.15, -0.1) is 11.4 Å². The van der Waals surface area contributed by atoms with Gasteiger partial charge in [0.25, 0.3) is 0 Å². The number of unbranched alkanes of at least 4 members (excludes halogenated alkanes) is 11. The molecule has 0 fully saturated rings. The lowest BCUT2D eigenvalue weighted by molar-refractivity contribution is -0.368. The Hall–Kier alpha value is 0.880. The fraction of sp³-hybridized carbons (Fsp3) is 1.00. The van der Waals surface area contributed by atoms with Gasteiger partial charge in [-0.25, -0.2) is 0 Å². The minimum absolute atomic E-state index is 0.538. The van der Waals surface area contributed by atoms with Crippen LogP contribution in [0.3, 0.4) is 0 Å². The van der Waals surface area contributed by atoms with Crippen molar-refractivity contribution in [2.24, 2.45) is 0 Å². The SMILES string of the molecule is CCCCCCCCCCCC[NH3+].CCCCOP([O-])(=S)SCCCC. The van der Waals surface area contributed by atoms with Crippen molar-refractivity contribution in [2.75, 3.05) is 18.9 Å². The van der Waals surface area contributed by atoms with E-state index in [9.17, 15) is 4.89 Å². The van der Waals surface area contributed by atoms with E-state index < -0.39 is 5.69 Å². The van der Waals surface area contributed by atoms with Gasteiger partial charge in [0.15, 0.2) is 0 Å². The molecule has 0 rings (SSSR count). The predicted molar refractivity (Wildman–Crippen MR) is 122 cm³/mol. The molecule has 0 aliphatic heterocycles. The van der Waals surface area contributed by atoms with E-state index in [1.54, 1.807) is 0 Å². The molecule has 0 aromatic rings. The van der Waals surface area contributed by atoms with Crippen molar-refractivity contribution in [1.82, 2.24) is 0 Å². The van der Waals surface area contributed by atoms with Crippen LogP contribution in [0.15, 0.2) is 0 Å². The van der Waals surface area contributed by atoms with Crippen LogP contribution in [-0.4, -0.2) is 18.9 Å². The topological polar surface area (TPSA) is 59.9 Å².